The van der Waals surface area contributed by atoms with Gasteiger partial charge in [0.25, 0.3) is 0 Å². The standard InChI is InChI=1S/C13H20N4/c14-13(15)16-11-5-7-12(8-6-11)17-9-3-1-2-4-10-17/h5-8H,1-4,9-10H2,(H4,14,15,16). The van der Waals surface area contributed by atoms with Gasteiger partial charge in [-0.1, -0.05) is 12.8 Å². The SMILES string of the molecule is NC(N)=Nc1ccc(N2CCCCCC2)cc1. The number of hydrogen-bond acceptors (Lipinski definition) is 2. The normalized spacial score (nSPS) is 16.4. The van der Waals surface area contributed by atoms with Gasteiger partial charge in [-0.3, -0.25) is 0 Å². The number of rotatable bonds is 2. The van der Waals surface area contributed by atoms with Crippen LogP contribution in [0.3, 0.4) is 0 Å². The minimum Gasteiger partial charge on any atom is -0.372 e. The smallest absolute Gasteiger partial charge is 0.191 e. The molecule has 0 bridgehead atoms. The molecule has 92 valence electrons. The first-order chi connectivity index (χ1) is 8.25. The highest BCUT2D eigenvalue weighted by Gasteiger charge is 2.09. The van der Waals surface area contributed by atoms with Crippen LogP contribution in [0.15, 0.2) is 29.3 Å². The number of guanidine groups is 1. The summed E-state index contributed by atoms with van der Waals surface area (Å²) in [6.07, 6.45) is 5.27. The van der Waals surface area contributed by atoms with Gasteiger partial charge in [0.1, 0.15) is 0 Å². The molecule has 1 aromatic carbocycles. The van der Waals surface area contributed by atoms with Crippen LogP contribution >= 0.6 is 0 Å². The Morgan fingerprint density at radius 2 is 1.53 bits per heavy atom. The van der Waals surface area contributed by atoms with Gasteiger partial charge in [0.05, 0.1) is 5.69 Å². The van der Waals surface area contributed by atoms with E-state index in [2.05, 4.69) is 22.0 Å². The number of nitrogens with two attached hydrogens (primary N) is 2. The first-order valence-electron chi connectivity index (χ1n) is 6.20. The molecule has 1 heterocycles. The van der Waals surface area contributed by atoms with Crippen molar-refractivity contribution in [1.29, 1.82) is 0 Å². The average molecular weight is 232 g/mol. The zero-order valence-corrected chi connectivity index (χ0v) is 10.1. The van der Waals surface area contributed by atoms with Crippen LogP contribution in [0.4, 0.5) is 11.4 Å². The Morgan fingerprint density at radius 1 is 0.941 bits per heavy atom. The van der Waals surface area contributed by atoms with Crippen LogP contribution in [0.2, 0.25) is 0 Å². The molecular weight excluding hydrogens is 212 g/mol. The first-order valence-corrected chi connectivity index (χ1v) is 6.20. The molecule has 1 aliphatic rings. The predicted molar refractivity (Wildman–Crippen MR) is 72.6 cm³/mol. The quantitative estimate of drug-likeness (QED) is 0.605. The third kappa shape index (κ3) is 3.37. The molecule has 4 N–H and O–H groups in total. The van der Waals surface area contributed by atoms with Crippen molar-refractivity contribution < 1.29 is 0 Å². The van der Waals surface area contributed by atoms with Gasteiger partial charge in [0.15, 0.2) is 5.96 Å². The maximum Gasteiger partial charge on any atom is 0.191 e. The van der Waals surface area contributed by atoms with Crippen molar-refractivity contribution in [2.45, 2.75) is 25.7 Å². The Hall–Kier alpha value is -1.71. The van der Waals surface area contributed by atoms with Crippen molar-refractivity contribution in [1.82, 2.24) is 0 Å². The number of benzene rings is 1. The molecule has 17 heavy (non-hydrogen) atoms. The van der Waals surface area contributed by atoms with Crippen LogP contribution in [-0.4, -0.2) is 19.0 Å². The van der Waals surface area contributed by atoms with Gasteiger partial charge in [-0.05, 0) is 37.1 Å². The van der Waals surface area contributed by atoms with Crippen LogP contribution in [0, 0.1) is 0 Å². The molecule has 0 saturated carbocycles. The van der Waals surface area contributed by atoms with Crippen LogP contribution in [0.1, 0.15) is 25.7 Å². The molecule has 0 atom stereocenters. The summed E-state index contributed by atoms with van der Waals surface area (Å²) in [6.45, 7) is 2.31. The average Bonchev–Trinajstić information content (AvgIpc) is 2.58. The fraction of sp³-hybridized carbons (Fsp3) is 0.462. The Balaban J connectivity index is 2.08. The molecule has 4 nitrogen and oxygen atoms in total. The zero-order valence-electron chi connectivity index (χ0n) is 10.1. The predicted octanol–water partition coefficient (Wildman–Crippen LogP) is 1.97. The second kappa shape index (κ2) is 5.57. The van der Waals surface area contributed by atoms with Crippen molar-refractivity contribution >= 4 is 17.3 Å². The molecule has 1 aromatic rings. The van der Waals surface area contributed by atoms with Gasteiger partial charge >= 0.3 is 0 Å². The summed E-state index contributed by atoms with van der Waals surface area (Å²) in [5.41, 5.74) is 12.8. The summed E-state index contributed by atoms with van der Waals surface area (Å²) >= 11 is 0. The third-order valence-electron chi connectivity index (χ3n) is 3.08. The van der Waals surface area contributed by atoms with Crippen molar-refractivity contribution in [3.8, 4) is 0 Å². The minimum atomic E-state index is 0.104. The summed E-state index contributed by atoms with van der Waals surface area (Å²) in [5, 5.41) is 0. The fourth-order valence-electron chi connectivity index (χ4n) is 2.22. The Morgan fingerprint density at radius 3 is 2.06 bits per heavy atom. The molecule has 4 heteroatoms. The van der Waals surface area contributed by atoms with E-state index in [4.69, 9.17) is 11.5 Å². The number of hydrogen-bond donors (Lipinski definition) is 2. The molecule has 0 amide bonds. The van der Waals surface area contributed by atoms with Crippen LogP contribution in [0.25, 0.3) is 0 Å². The highest BCUT2D eigenvalue weighted by Crippen LogP contribution is 2.22. The zero-order chi connectivity index (χ0) is 12.1. The summed E-state index contributed by atoms with van der Waals surface area (Å²) < 4.78 is 0. The molecule has 0 radical (unpaired) electrons. The van der Waals surface area contributed by atoms with E-state index in [0.717, 1.165) is 18.8 Å². The molecular formula is C13H20N4. The Kier molecular flexibility index (Phi) is 3.85. The lowest BCUT2D eigenvalue weighted by Gasteiger charge is -2.22. The minimum absolute atomic E-state index is 0.104. The molecule has 0 spiro atoms. The molecule has 2 rings (SSSR count). The first kappa shape index (κ1) is 11.8. The summed E-state index contributed by atoms with van der Waals surface area (Å²) in [5.74, 6) is 0.104. The van der Waals surface area contributed by atoms with E-state index < -0.39 is 0 Å². The van der Waals surface area contributed by atoms with Gasteiger partial charge in [-0.15, -0.1) is 0 Å². The molecule has 0 unspecified atom stereocenters. The van der Waals surface area contributed by atoms with Crippen molar-refractivity contribution in [2.75, 3.05) is 18.0 Å². The van der Waals surface area contributed by atoms with E-state index in [1.54, 1.807) is 0 Å². The fourth-order valence-corrected chi connectivity index (χ4v) is 2.22. The largest absolute Gasteiger partial charge is 0.372 e. The van der Waals surface area contributed by atoms with E-state index in [-0.39, 0.29) is 5.96 Å². The van der Waals surface area contributed by atoms with E-state index in [1.807, 2.05) is 12.1 Å². The lowest BCUT2D eigenvalue weighted by atomic mass is 10.2. The molecule has 1 aliphatic heterocycles. The molecule has 0 aliphatic carbocycles. The van der Waals surface area contributed by atoms with E-state index in [1.165, 1.54) is 31.4 Å². The van der Waals surface area contributed by atoms with Gasteiger partial charge in [-0.25, -0.2) is 4.99 Å². The maximum atomic E-state index is 5.34. The molecule has 0 aromatic heterocycles. The number of aliphatic imine (C=N–C) groups is 1. The van der Waals surface area contributed by atoms with Crippen LogP contribution in [0.5, 0.6) is 0 Å². The van der Waals surface area contributed by atoms with Gasteiger partial charge in [0.2, 0.25) is 0 Å². The van der Waals surface area contributed by atoms with Gasteiger partial charge < -0.3 is 16.4 Å². The Labute approximate surface area is 102 Å². The summed E-state index contributed by atoms with van der Waals surface area (Å²) in [6, 6.07) is 8.10. The van der Waals surface area contributed by atoms with Crippen LogP contribution in [-0.2, 0) is 0 Å². The monoisotopic (exact) mass is 232 g/mol. The van der Waals surface area contributed by atoms with Gasteiger partial charge in [0, 0.05) is 18.8 Å². The number of nitrogens with zero attached hydrogens (tertiary/aromatic N) is 2. The third-order valence-corrected chi connectivity index (χ3v) is 3.08. The van der Waals surface area contributed by atoms with E-state index in [0.29, 0.717) is 0 Å². The maximum absolute atomic E-state index is 5.34. The van der Waals surface area contributed by atoms with Crippen molar-refractivity contribution in [3.05, 3.63) is 24.3 Å². The lowest BCUT2D eigenvalue weighted by molar-refractivity contribution is 0.726. The second-order valence-electron chi connectivity index (χ2n) is 4.45. The van der Waals surface area contributed by atoms with Gasteiger partial charge in [-0.2, -0.15) is 0 Å². The summed E-state index contributed by atoms with van der Waals surface area (Å²) in [4.78, 5) is 6.45. The second-order valence-corrected chi connectivity index (χ2v) is 4.45. The molecule has 1 fully saturated rings. The number of anilines is 1. The highest BCUT2D eigenvalue weighted by atomic mass is 15.1. The van der Waals surface area contributed by atoms with E-state index >= 15 is 0 Å². The van der Waals surface area contributed by atoms with Crippen molar-refractivity contribution in [3.63, 3.8) is 0 Å². The lowest BCUT2D eigenvalue weighted by Crippen LogP contribution is -2.23. The topological polar surface area (TPSA) is 67.6 Å². The van der Waals surface area contributed by atoms with Crippen molar-refractivity contribution in [2.24, 2.45) is 16.5 Å². The molecule has 1 saturated heterocycles. The Bertz CT molecular complexity index is 371. The highest BCUT2D eigenvalue weighted by molar-refractivity contribution is 5.79. The van der Waals surface area contributed by atoms with Crippen LogP contribution < -0.4 is 16.4 Å². The summed E-state index contributed by atoms with van der Waals surface area (Å²) in [7, 11) is 0. The van der Waals surface area contributed by atoms with E-state index in [9.17, 15) is 0 Å².